The molecule has 1 nitrogen and oxygen atoms in total. The van der Waals surface area contributed by atoms with Crippen molar-refractivity contribution in [2.75, 3.05) is 0 Å². The quantitative estimate of drug-likeness (QED) is 0.549. The molecular formula is C3H8OSn. The van der Waals surface area contributed by atoms with Gasteiger partial charge in [0.2, 0.25) is 0 Å². The van der Waals surface area contributed by atoms with E-state index in [2.05, 4.69) is 0 Å². The van der Waals surface area contributed by atoms with Gasteiger partial charge >= 0.3 is 39.1 Å². The SMILES string of the molecule is C[CH2][Sn]([CH3])=[O]. The Morgan fingerprint density at radius 1 is 1.80 bits per heavy atom. The summed E-state index contributed by atoms with van der Waals surface area (Å²) in [5.41, 5.74) is 0. The van der Waals surface area contributed by atoms with Crippen LogP contribution in [0.2, 0.25) is 9.38 Å². The molecule has 0 aliphatic carbocycles. The Morgan fingerprint density at radius 2 is 2.00 bits per heavy atom. The summed E-state index contributed by atoms with van der Waals surface area (Å²) in [6, 6.07) is 0. The van der Waals surface area contributed by atoms with Crippen molar-refractivity contribution in [1.29, 1.82) is 0 Å². The summed E-state index contributed by atoms with van der Waals surface area (Å²) in [7, 11) is 0. The number of hydrogen-bond donors (Lipinski definition) is 0. The minimum atomic E-state index is -1.83. The van der Waals surface area contributed by atoms with Crippen molar-refractivity contribution in [3.63, 3.8) is 0 Å². The number of hydrogen-bond acceptors (Lipinski definition) is 1. The van der Waals surface area contributed by atoms with Crippen molar-refractivity contribution in [3.8, 4) is 0 Å². The molecule has 0 aromatic rings. The maximum atomic E-state index is 10.1. The van der Waals surface area contributed by atoms with Crippen LogP contribution in [0.3, 0.4) is 0 Å². The molecule has 0 saturated heterocycles. The Hall–Kier alpha value is 0.599. The van der Waals surface area contributed by atoms with Gasteiger partial charge in [-0.1, -0.05) is 0 Å². The molecule has 0 fully saturated rings. The molecule has 0 rings (SSSR count). The van der Waals surface area contributed by atoms with E-state index in [0.29, 0.717) is 0 Å². The van der Waals surface area contributed by atoms with Crippen molar-refractivity contribution < 1.29 is 3.08 Å². The molecule has 0 amide bonds. The molecule has 0 radical (unpaired) electrons. The molecule has 0 aromatic carbocycles. The second kappa shape index (κ2) is 2.82. The van der Waals surface area contributed by atoms with Gasteiger partial charge in [0.15, 0.2) is 0 Å². The fourth-order valence-electron chi connectivity index (χ4n) is 0. The summed E-state index contributed by atoms with van der Waals surface area (Å²) in [5.74, 6) is 0. The van der Waals surface area contributed by atoms with Crippen LogP contribution < -0.4 is 0 Å². The van der Waals surface area contributed by atoms with Crippen molar-refractivity contribution in [2.24, 2.45) is 0 Å². The first-order valence-electron chi connectivity index (χ1n) is 1.76. The van der Waals surface area contributed by atoms with Crippen molar-refractivity contribution >= 4 is 19.7 Å². The molecular weight excluding hydrogens is 171 g/mol. The van der Waals surface area contributed by atoms with Gasteiger partial charge in [0.1, 0.15) is 0 Å². The Bertz CT molecular complexity index is 42.2. The van der Waals surface area contributed by atoms with E-state index in [9.17, 15) is 3.08 Å². The van der Waals surface area contributed by atoms with Gasteiger partial charge < -0.3 is 0 Å². The zero-order chi connectivity index (χ0) is 4.28. The van der Waals surface area contributed by atoms with Crippen LogP contribution in [0.15, 0.2) is 0 Å². The fraction of sp³-hybridized carbons (Fsp3) is 1.00. The van der Waals surface area contributed by atoms with Gasteiger partial charge in [-0.15, -0.1) is 0 Å². The van der Waals surface area contributed by atoms with Crippen molar-refractivity contribution in [1.82, 2.24) is 0 Å². The van der Waals surface area contributed by atoms with Crippen LogP contribution in [-0.2, 0) is 3.08 Å². The van der Waals surface area contributed by atoms with E-state index in [1.165, 1.54) is 0 Å². The van der Waals surface area contributed by atoms with E-state index in [-0.39, 0.29) is 0 Å². The Kier molecular flexibility index (Phi) is 3.15. The number of rotatable bonds is 1. The predicted octanol–water partition coefficient (Wildman–Crippen LogP) is 1.06. The van der Waals surface area contributed by atoms with Crippen molar-refractivity contribution in [3.05, 3.63) is 0 Å². The molecule has 0 saturated carbocycles. The van der Waals surface area contributed by atoms with Crippen LogP contribution in [0.4, 0.5) is 0 Å². The summed E-state index contributed by atoms with van der Waals surface area (Å²) in [5, 5.41) is 0. The summed E-state index contributed by atoms with van der Waals surface area (Å²) >= 11 is -1.83. The zero-order valence-corrected chi connectivity index (χ0v) is 6.47. The molecule has 0 aliphatic rings. The van der Waals surface area contributed by atoms with Crippen LogP contribution in [-0.4, -0.2) is 19.7 Å². The van der Waals surface area contributed by atoms with Crippen LogP contribution >= 0.6 is 0 Å². The average Bonchev–Trinajstić information content (AvgIpc) is 1.38. The van der Waals surface area contributed by atoms with E-state index < -0.39 is 19.7 Å². The van der Waals surface area contributed by atoms with Crippen LogP contribution in [0.5, 0.6) is 0 Å². The normalized spacial score (nSPS) is 7.60. The molecule has 0 aliphatic heterocycles. The molecule has 30 valence electrons. The standard InChI is InChI=1S/C2H5.CH3.O.Sn/c1-2;;;/h1H2,2H3;1H3;;. The van der Waals surface area contributed by atoms with Crippen molar-refractivity contribution in [2.45, 2.75) is 16.3 Å². The van der Waals surface area contributed by atoms with Gasteiger partial charge in [-0.2, -0.15) is 0 Å². The molecule has 0 unspecified atom stereocenters. The van der Waals surface area contributed by atoms with E-state index in [1.54, 1.807) is 0 Å². The van der Waals surface area contributed by atoms with E-state index in [1.807, 2.05) is 11.9 Å². The third-order valence-corrected chi connectivity index (χ3v) is 3.34. The molecule has 5 heavy (non-hydrogen) atoms. The van der Waals surface area contributed by atoms with Gasteiger partial charge in [-0.3, -0.25) is 0 Å². The van der Waals surface area contributed by atoms with Gasteiger partial charge in [-0.25, -0.2) is 0 Å². The second-order valence-corrected chi connectivity index (χ2v) is 7.08. The van der Waals surface area contributed by atoms with Crippen LogP contribution in [0, 0.1) is 0 Å². The summed E-state index contributed by atoms with van der Waals surface area (Å²) < 4.78 is 11.0. The molecule has 0 N–H and O–H groups in total. The first-order valence-corrected chi connectivity index (χ1v) is 7.80. The van der Waals surface area contributed by atoms with Gasteiger partial charge in [0, 0.05) is 0 Å². The Balaban J connectivity index is 2.85. The maximum absolute atomic E-state index is 10.1. The Labute approximate surface area is 39.5 Å². The summed E-state index contributed by atoms with van der Waals surface area (Å²) in [6.07, 6.45) is 0. The average molecular weight is 179 g/mol. The molecule has 0 heterocycles. The van der Waals surface area contributed by atoms with Gasteiger partial charge in [0.05, 0.1) is 0 Å². The first-order chi connectivity index (χ1) is 2.27. The van der Waals surface area contributed by atoms with Gasteiger partial charge in [0.25, 0.3) is 0 Å². The summed E-state index contributed by atoms with van der Waals surface area (Å²) in [6.45, 7) is 1.97. The van der Waals surface area contributed by atoms with Crippen LogP contribution in [0.25, 0.3) is 0 Å². The zero-order valence-electron chi connectivity index (χ0n) is 3.62. The third-order valence-electron chi connectivity index (χ3n) is 0.498. The second-order valence-electron chi connectivity index (χ2n) is 1.06. The molecule has 0 atom stereocenters. The topological polar surface area (TPSA) is 17.1 Å². The monoisotopic (exact) mass is 180 g/mol. The van der Waals surface area contributed by atoms with E-state index in [0.717, 1.165) is 4.44 Å². The third kappa shape index (κ3) is 4.60. The van der Waals surface area contributed by atoms with E-state index >= 15 is 0 Å². The summed E-state index contributed by atoms with van der Waals surface area (Å²) in [4.78, 5) is 1.86. The molecule has 0 spiro atoms. The van der Waals surface area contributed by atoms with E-state index in [4.69, 9.17) is 0 Å². The first kappa shape index (κ1) is 5.60. The molecule has 2 heteroatoms. The minimum absolute atomic E-state index is 0.947. The Morgan fingerprint density at radius 3 is 2.00 bits per heavy atom. The fourth-order valence-corrected chi connectivity index (χ4v) is 0. The molecule has 0 bridgehead atoms. The van der Waals surface area contributed by atoms with Gasteiger partial charge in [-0.05, 0) is 0 Å². The predicted molar refractivity (Wildman–Crippen MR) is 22.8 cm³/mol. The molecule has 0 aromatic heterocycles. The van der Waals surface area contributed by atoms with Crippen LogP contribution in [0.1, 0.15) is 6.92 Å².